The molecule has 0 aliphatic heterocycles. The highest BCUT2D eigenvalue weighted by molar-refractivity contribution is 7.26. The van der Waals surface area contributed by atoms with Crippen LogP contribution in [-0.4, -0.2) is 24.5 Å². The maximum absolute atomic E-state index is 5.23. The Kier molecular flexibility index (Phi) is 6.60. The predicted molar refractivity (Wildman–Crippen MR) is 207 cm³/mol. The van der Waals surface area contributed by atoms with E-state index in [0.717, 1.165) is 50.1 Å². The van der Waals surface area contributed by atoms with Gasteiger partial charge in [0.1, 0.15) is 4.83 Å². The smallest absolute Gasteiger partial charge is 0.164 e. The average Bonchev–Trinajstić information content (AvgIpc) is 3.74. The number of rotatable bonds is 5. The van der Waals surface area contributed by atoms with Crippen molar-refractivity contribution >= 4 is 53.4 Å². The summed E-state index contributed by atoms with van der Waals surface area (Å²) in [7, 11) is 0. The first-order valence-corrected chi connectivity index (χ1v) is 17.4. The number of nitrogens with zero attached hydrogens (tertiary/aromatic N) is 5. The quantitative estimate of drug-likeness (QED) is 0.185. The van der Waals surface area contributed by atoms with Crippen LogP contribution < -0.4 is 0 Å². The van der Waals surface area contributed by atoms with E-state index in [-0.39, 0.29) is 0 Å². The topological polar surface area (TPSA) is 56.5 Å². The first kappa shape index (κ1) is 28.5. The molecule has 0 N–H and O–H groups in total. The van der Waals surface area contributed by atoms with Crippen LogP contribution in [0.25, 0.3) is 93.2 Å². The fraction of sp³-hybridized carbons (Fsp3) is 0. The fourth-order valence-corrected chi connectivity index (χ4v) is 8.34. The van der Waals surface area contributed by atoms with Crippen molar-refractivity contribution in [3.8, 4) is 51.1 Å². The van der Waals surface area contributed by atoms with Crippen LogP contribution in [0.4, 0.5) is 0 Å². The summed E-state index contributed by atoms with van der Waals surface area (Å²) in [5.74, 6) is 1.92. The Morgan fingerprint density at radius 3 is 1.64 bits per heavy atom. The van der Waals surface area contributed by atoms with Crippen LogP contribution in [-0.2, 0) is 0 Å². The number of hydrogen-bond acceptors (Lipinski definition) is 5. The van der Waals surface area contributed by atoms with Crippen molar-refractivity contribution in [2.24, 2.45) is 0 Å². The minimum absolute atomic E-state index is 0.630. The number of aromatic nitrogens is 5. The van der Waals surface area contributed by atoms with Crippen LogP contribution in [0.2, 0.25) is 0 Å². The summed E-state index contributed by atoms with van der Waals surface area (Å²) in [4.78, 5) is 21.4. The summed E-state index contributed by atoms with van der Waals surface area (Å²) in [6.07, 6.45) is 0. The van der Waals surface area contributed by atoms with Gasteiger partial charge in [-0.2, -0.15) is 0 Å². The number of pyridine rings is 1. The lowest BCUT2D eigenvalue weighted by Crippen LogP contribution is -2.01. The normalized spacial score (nSPS) is 11.6. The van der Waals surface area contributed by atoms with E-state index in [2.05, 4.69) is 108 Å². The third kappa shape index (κ3) is 4.61. The molecule has 10 rings (SSSR count). The lowest BCUT2D eigenvalue weighted by molar-refractivity contribution is 1.07. The molecule has 0 saturated carbocycles. The monoisotopic (exact) mass is 657 g/mol. The molecule has 50 heavy (non-hydrogen) atoms. The molecule has 0 radical (unpaired) electrons. The van der Waals surface area contributed by atoms with Gasteiger partial charge in [-0.15, -0.1) is 11.3 Å². The summed E-state index contributed by atoms with van der Waals surface area (Å²) in [5, 5.41) is 4.88. The van der Waals surface area contributed by atoms with Crippen molar-refractivity contribution in [1.29, 1.82) is 0 Å². The second-order valence-electron chi connectivity index (χ2n) is 12.3. The molecule has 6 heteroatoms. The van der Waals surface area contributed by atoms with Gasteiger partial charge in [0.25, 0.3) is 0 Å². The number of benzene rings is 6. The van der Waals surface area contributed by atoms with Gasteiger partial charge in [-0.05, 0) is 24.3 Å². The summed E-state index contributed by atoms with van der Waals surface area (Å²) in [6, 6.07) is 56.5. The highest BCUT2D eigenvalue weighted by Crippen LogP contribution is 2.47. The molecule has 0 saturated heterocycles. The molecule has 0 unspecified atom stereocenters. The van der Waals surface area contributed by atoms with Gasteiger partial charge < -0.3 is 4.57 Å². The summed E-state index contributed by atoms with van der Waals surface area (Å²) >= 11 is 1.81. The highest BCUT2D eigenvalue weighted by Gasteiger charge is 2.23. The number of thiophene rings is 1. The molecule has 0 bridgehead atoms. The largest absolute Gasteiger partial charge is 0.301 e. The maximum atomic E-state index is 5.23. The van der Waals surface area contributed by atoms with Gasteiger partial charge in [0.2, 0.25) is 0 Å². The van der Waals surface area contributed by atoms with Crippen molar-refractivity contribution < 1.29 is 0 Å². The maximum Gasteiger partial charge on any atom is 0.164 e. The van der Waals surface area contributed by atoms with Crippen LogP contribution >= 0.6 is 11.3 Å². The number of para-hydroxylation sites is 2. The zero-order valence-corrected chi connectivity index (χ0v) is 27.5. The molecule has 6 aromatic carbocycles. The van der Waals surface area contributed by atoms with Crippen LogP contribution in [0.5, 0.6) is 0 Å². The molecule has 0 fully saturated rings. The third-order valence-electron chi connectivity index (χ3n) is 9.24. The van der Waals surface area contributed by atoms with Crippen molar-refractivity contribution in [3.63, 3.8) is 0 Å². The molecular formula is C44H27N5S. The Morgan fingerprint density at radius 1 is 0.420 bits per heavy atom. The first-order valence-electron chi connectivity index (χ1n) is 16.6. The van der Waals surface area contributed by atoms with Crippen LogP contribution in [0, 0.1) is 0 Å². The van der Waals surface area contributed by atoms with Gasteiger partial charge in [-0.25, -0.2) is 19.9 Å². The van der Waals surface area contributed by atoms with E-state index < -0.39 is 0 Å². The van der Waals surface area contributed by atoms with Crippen LogP contribution in [0.15, 0.2) is 164 Å². The van der Waals surface area contributed by atoms with Gasteiger partial charge in [0.15, 0.2) is 17.5 Å². The standard InChI is InChI=1S/C44H27N5S/c1-4-15-28(16-5-1)39-40-37(33-23-10-12-25-35(33)45-39)38-34-24-11-13-26-36(34)49(44(38)50-40)32-22-14-21-31(27-32)43-47-41(29-17-6-2-7-18-29)46-42(48-43)30-19-8-3-9-20-30/h1-27H. The van der Waals surface area contributed by atoms with Crippen molar-refractivity contribution in [3.05, 3.63) is 164 Å². The highest BCUT2D eigenvalue weighted by atomic mass is 32.1. The molecule has 5 nitrogen and oxygen atoms in total. The molecule has 10 aromatic rings. The first-order chi connectivity index (χ1) is 24.8. The molecule has 0 atom stereocenters. The van der Waals surface area contributed by atoms with E-state index in [0.29, 0.717) is 17.5 Å². The van der Waals surface area contributed by atoms with E-state index in [1.165, 1.54) is 25.7 Å². The van der Waals surface area contributed by atoms with Crippen LogP contribution in [0.3, 0.4) is 0 Å². The molecule has 0 aliphatic rings. The summed E-state index contributed by atoms with van der Waals surface area (Å²) in [5.41, 5.74) is 8.13. The Balaban J connectivity index is 1.23. The lowest BCUT2D eigenvalue weighted by Gasteiger charge is -2.11. The number of fused-ring (bicyclic) bond motifs is 7. The van der Waals surface area contributed by atoms with Gasteiger partial charge in [0.05, 0.1) is 21.4 Å². The van der Waals surface area contributed by atoms with Gasteiger partial charge in [-0.3, -0.25) is 0 Å². The lowest BCUT2D eigenvalue weighted by atomic mass is 10.0. The average molecular weight is 658 g/mol. The Morgan fingerprint density at radius 2 is 0.960 bits per heavy atom. The van der Waals surface area contributed by atoms with E-state index >= 15 is 0 Å². The zero-order chi connectivity index (χ0) is 33.0. The molecule has 234 valence electrons. The Hall–Kier alpha value is -6.50. The van der Waals surface area contributed by atoms with Crippen molar-refractivity contribution in [2.45, 2.75) is 0 Å². The third-order valence-corrected chi connectivity index (χ3v) is 10.4. The molecular weight excluding hydrogens is 631 g/mol. The van der Waals surface area contributed by atoms with Crippen molar-refractivity contribution in [1.82, 2.24) is 24.5 Å². The number of hydrogen-bond donors (Lipinski definition) is 0. The summed E-state index contributed by atoms with van der Waals surface area (Å²) < 4.78 is 3.58. The Bertz CT molecular complexity index is 2800. The minimum atomic E-state index is 0.630. The summed E-state index contributed by atoms with van der Waals surface area (Å²) in [6.45, 7) is 0. The molecule has 4 aromatic heterocycles. The van der Waals surface area contributed by atoms with Gasteiger partial charge >= 0.3 is 0 Å². The van der Waals surface area contributed by atoms with E-state index in [9.17, 15) is 0 Å². The fourth-order valence-electron chi connectivity index (χ4n) is 6.96. The Labute approximate surface area is 291 Å². The molecule has 0 amide bonds. The van der Waals surface area contributed by atoms with E-state index in [1.807, 2.05) is 60.7 Å². The van der Waals surface area contributed by atoms with E-state index in [4.69, 9.17) is 19.9 Å². The SMILES string of the molecule is c1ccc(-c2nc(-c3ccccc3)nc(-c3cccc(-n4c5ccccc5c5c6c(sc54)c(-c4ccccc4)nc4ccccc46)c3)n2)cc1. The minimum Gasteiger partial charge on any atom is -0.301 e. The van der Waals surface area contributed by atoms with E-state index in [1.54, 1.807) is 11.3 Å². The van der Waals surface area contributed by atoms with Crippen molar-refractivity contribution in [2.75, 3.05) is 0 Å². The zero-order valence-electron chi connectivity index (χ0n) is 26.7. The second-order valence-corrected chi connectivity index (χ2v) is 13.3. The van der Waals surface area contributed by atoms with Gasteiger partial charge in [0, 0.05) is 49.5 Å². The second kappa shape index (κ2) is 11.6. The molecule has 0 aliphatic carbocycles. The molecule has 0 spiro atoms. The predicted octanol–water partition coefficient (Wildman–Crippen LogP) is 11.4. The van der Waals surface area contributed by atoms with Gasteiger partial charge in [-0.1, -0.05) is 140 Å². The van der Waals surface area contributed by atoms with Crippen LogP contribution in [0.1, 0.15) is 0 Å². The molecule has 4 heterocycles.